The van der Waals surface area contributed by atoms with Crippen LogP contribution in [-0.2, 0) is 0 Å². The molecule has 1 aromatic carbocycles. The number of aromatic nitrogens is 4. The summed E-state index contributed by atoms with van der Waals surface area (Å²) >= 11 is 6.20. The SMILES string of the molecule is Cc1cc(Cl)cc(-c2ncccc2-c2nc3ccccn3n2)c1. The number of hydrogen-bond donors (Lipinski definition) is 0. The van der Waals surface area contributed by atoms with Crippen LogP contribution in [-0.4, -0.2) is 19.6 Å². The first-order chi connectivity index (χ1) is 11.2. The lowest BCUT2D eigenvalue weighted by Crippen LogP contribution is -1.92. The molecule has 4 aromatic rings. The molecule has 5 heteroatoms. The Morgan fingerprint density at radius 2 is 1.96 bits per heavy atom. The van der Waals surface area contributed by atoms with Gasteiger partial charge in [0.05, 0.1) is 5.69 Å². The second kappa shape index (κ2) is 5.48. The molecule has 0 spiro atoms. The molecule has 0 saturated carbocycles. The lowest BCUT2D eigenvalue weighted by Gasteiger charge is -2.07. The number of benzene rings is 1. The summed E-state index contributed by atoms with van der Waals surface area (Å²) in [6, 6.07) is 15.6. The van der Waals surface area contributed by atoms with Crippen molar-refractivity contribution in [1.29, 1.82) is 0 Å². The zero-order valence-electron chi connectivity index (χ0n) is 12.4. The Morgan fingerprint density at radius 1 is 1.04 bits per heavy atom. The van der Waals surface area contributed by atoms with Gasteiger partial charge < -0.3 is 0 Å². The minimum Gasteiger partial charge on any atom is -0.255 e. The number of halogens is 1. The van der Waals surface area contributed by atoms with E-state index in [-0.39, 0.29) is 0 Å². The second-order valence-corrected chi connectivity index (χ2v) is 5.79. The molecular weight excluding hydrogens is 308 g/mol. The van der Waals surface area contributed by atoms with Gasteiger partial charge in [0.15, 0.2) is 11.5 Å². The first-order valence-corrected chi connectivity index (χ1v) is 7.63. The van der Waals surface area contributed by atoms with Gasteiger partial charge in [0.2, 0.25) is 0 Å². The molecule has 0 amide bonds. The summed E-state index contributed by atoms with van der Waals surface area (Å²) in [5.74, 6) is 0.650. The highest BCUT2D eigenvalue weighted by atomic mass is 35.5. The smallest absolute Gasteiger partial charge is 0.184 e. The predicted molar refractivity (Wildman–Crippen MR) is 91.4 cm³/mol. The van der Waals surface area contributed by atoms with Gasteiger partial charge in [-0.05, 0) is 55.0 Å². The minimum atomic E-state index is 0.650. The quantitative estimate of drug-likeness (QED) is 0.549. The Hall–Kier alpha value is -2.72. The highest BCUT2D eigenvalue weighted by Crippen LogP contribution is 2.30. The summed E-state index contributed by atoms with van der Waals surface area (Å²) in [7, 11) is 0. The van der Waals surface area contributed by atoms with E-state index in [1.54, 1.807) is 10.7 Å². The molecule has 0 aliphatic carbocycles. The van der Waals surface area contributed by atoms with Crippen LogP contribution in [0, 0.1) is 6.92 Å². The fraction of sp³-hybridized carbons (Fsp3) is 0.0556. The standard InChI is InChI=1S/C18H13ClN4/c1-12-9-13(11-14(19)10-12)17-15(5-4-7-20-17)18-21-16-6-2-3-8-23(16)22-18/h2-11H,1H3. The van der Waals surface area contributed by atoms with Crippen LogP contribution >= 0.6 is 11.6 Å². The molecule has 0 unspecified atom stereocenters. The summed E-state index contributed by atoms with van der Waals surface area (Å²) in [6.45, 7) is 2.02. The van der Waals surface area contributed by atoms with E-state index in [0.29, 0.717) is 10.8 Å². The van der Waals surface area contributed by atoms with Crippen LogP contribution in [0.2, 0.25) is 5.02 Å². The molecule has 0 saturated heterocycles. The van der Waals surface area contributed by atoms with E-state index in [4.69, 9.17) is 11.6 Å². The van der Waals surface area contributed by atoms with Gasteiger partial charge in [0.1, 0.15) is 0 Å². The molecular formula is C18H13ClN4. The van der Waals surface area contributed by atoms with Gasteiger partial charge in [-0.3, -0.25) is 4.98 Å². The first kappa shape index (κ1) is 13.9. The molecule has 0 fully saturated rings. The van der Waals surface area contributed by atoms with E-state index >= 15 is 0 Å². The Balaban J connectivity index is 1.93. The molecule has 4 rings (SSSR count). The fourth-order valence-corrected chi connectivity index (χ4v) is 2.92. The van der Waals surface area contributed by atoms with Gasteiger partial charge in [-0.1, -0.05) is 17.7 Å². The van der Waals surface area contributed by atoms with Crippen LogP contribution < -0.4 is 0 Å². The van der Waals surface area contributed by atoms with E-state index in [1.165, 1.54) is 0 Å². The molecule has 0 bridgehead atoms. The van der Waals surface area contributed by atoms with Gasteiger partial charge in [0.25, 0.3) is 0 Å². The molecule has 0 atom stereocenters. The molecule has 23 heavy (non-hydrogen) atoms. The highest BCUT2D eigenvalue weighted by molar-refractivity contribution is 6.31. The number of rotatable bonds is 2. The molecule has 4 nitrogen and oxygen atoms in total. The van der Waals surface area contributed by atoms with E-state index in [0.717, 1.165) is 28.0 Å². The zero-order valence-corrected chi connectivity index (χ0v) is 13.2. The van der Waals surface area contributed by atoms with Crippen molar-refractivity contribution in [3.05, 3.63) is 71.5 Å². The lowest BCUT2D eigenvalue weighted by atomic mass is 10.0. The third-order valence-electron chi connectivity index (χ3n) is 3.61. The van der Waals surface area contributed by atoms with Crippen molar-refractivity contribution >= 4 is 17.2 Å². The normalized spacial score (nSPS) is 11.0. The Labute approximate surface area is 138 Å². The number of aryl methyl sites for hydroxylation is 1. The van der Waals surface area contributed by atoms with Gasteiger partial charge in [0, 0.05) is 28.5 Å². The van der Waals surface area contributed by atoms with E-state index in [9.17, 15) is 0 Å². The highest BCUT2D eigenvalue weighted by Gasteiger charge is 2.14. The molecule has 3 aromatic heterocycles. The summed E-state index contributed by atoms with van der Waals surface area (Å²) in [5, 5.41) is 5.24. The second-order valence-electron chi connectivity index (χ2n) is 5.36. The predicted octanol–water partition coefficient (Wildman–Crippen LogP) is 4.42. The molecule has 112 valence electrons. The van der Waals surface area contributed by atoms with Crippen LogP contribution in [0.4, 0.5) is 0 Å². The van der Waals surface area contributed by atoms with Gasteiger partial charge in [-0.15, -0.1) is 5.10 Å². The molecule has 0 aliphatic heterocycles. The number of nitrogens with zero attached hydrogens (tertiary/aromatic N) is 4. The van der Waals surface area contributed by atoms with Gasteiger partial charge in [-0.25, -0.2) is 9.50 Å². The number of pyridine rings is 2. The molecule has 0 aliphatic rings. The third kappa shape index (κ3) is 2.58. The van der Waals surface area contributed by atoms with Crippen molar-refractivity contribution in [2.45, 2.75) is 6.92 Å². The van der Waals surface area contributed by atoms with Crippen LogP contribution in [0.15, 0.2) is 60.9 Å². The van der Waals surface area contributed by atoms with Crippen LogP contribution in [0.5, 0.6) is 0 Å². The van der Waals surface area contributed by atoms with Gasteiger partial charge >= 0.3 is 0 Å². The van der Waals surface area contributed by atoms with Crippen molar-refractivity contribution < 1.29 is 0 Å². The van der Waals surface area contributed by atoms with Crippen LogP contribution in [0.1, 0.15) is 5.56 Å². The maximum Gasteiger partial charge on any atom is 0.184 e. The van der Waals surface area contributed by atoms with Crippen molar-refractivity contribution in [1.82, 2.24) is 19.6 Å². The lowest BCUT2D eigenvalue weighted by molar-refractivity contribution is 0.965. The van der Waals surface area contributed by atoms with Crippen LogP contribution in [0.25, 0.3) is 28.3 Å². The van der Waals surface area contributed by atoms with Crippen molar-refractivity contribution in [3.8, 4) is 22.6 Å². The summed E-state index contributed by atoms with van der Waals surface area (Å²) in [6.07, 6.45) is 3.65. The first-order valence-electron chi connectivity index (χ1n) is 7.25. The topological polar surface area (TPSA) is 43.1 Å². The Morgan fingerprint density at radius 3 is 2.78 bits per heavy atom. The van der Waals surface area contributed by atoms with Crippen LogP contribution in [0.3, 0.4) is 0 Å². The van der Waals surface area contributed by atoms with Crippen molar-refractivity contribution in [2.75, 3.05) is 0 Å². The average Bonchev–Trinajstić information content (AvgIpc) is 2.98. The van der Waals surface area contributed by atoms with Crippen molar-refractivity contribution in [2.24, 2.45) is 0 Å². The van der Waals surface area contributed by atoms with E-state index in [2.05, 4.69) is 21.1 Å². The summed E-state index contributed by atoms with van der Waals surface area (Å²) in [4.78, 5) is 9.12. The number of hydrogen-bond acceptors (Lipinski definition) is 3. The largest absolute Gasteiger partial charge is 0.255 e. The molecule has 0 radical (unpaired) electrons. The minimum absolute atomic E-state index is 0.650. The van der Waals surface area contributed by atoms with E-state index < -0.39 is 0 Å². The van der Waals surface area contributed by atoms with Gasteiger partial charge in [-0.2, -0.15) is 0 Å². The third-order valence-corrected chi connectivity index (χ3v) is 3.82. The molecule has 3 heterocycles. The van der Waals surface area contributed by atoms with Crippen molar-refractivity contribution in [3.63, 3.8) is 0 Å². The van der Waals surface area contributed by atoms with E-state index in [1.807, 2.05) is 55.6 Å². The molecule has 0 N–H and O–H groups in total. The Bertz CT molecular complexity index is 954. The monoisotopic (exact) mass is 320 g/mol. The summed E-state index contributed by atoms with van der Waals surface area (Å²) in [5.41, 5.74) is 4.57. The summed E-state index contributed by atoms with van der Waals surface area (Å²) < 4.78 is 1.76. The average molecular weight is 321 g/mol. The maximum atomic E-state index is 6.20. The fourth-order valence-electron chi connectivity index (χ4n) is 2.63. The Kier molecular flexibility index (Phi) is 3.32. The number of fused-ring (bicyclic) bond motifs is 1. The maximum absolute atomic E-state index is 6.20. The zero-order chi connectivity index (χ0) is 15.8.